The molecule has 1 N–H and O–H groups in total. The van der Waals surface area contributed by atoms with Crippen LogP contribution < -0.4 is 0 Å². The van der Waals surface area contributed by atoms with E-state index in [1.165, 1.54) is 0 Å². The fourth-order valence-corrected chi connectivity index (χ4v) is 2.46. The Labute approximate surface area is 124 Å². The average molecular weight is 297 g/mol. The molecule has 1 aliphatic heterocycles. The monoisotopic (exact) mass is 296 g/mol. The van der Waals surface area contributed by atoms with Crippen LogP contribution in [0.5, 0.6) is 0 Å². The number of aliphatic hydroxyl groups is 1. The van der Waals surface area contributed by atoms with Gasteiger partial charge < -0.3 is 10.0 Å². The fraction of sp³-hybridized carbons (Fsp3) is 0.600. The summed E-state index contributed by atoms with van der Waals surface area (Å²) in [7, 11) is 0. The van der Waals surface area contributed by atoms with E-state index in [1.54, 1.807) is 11.0 Å². The summed E-state index contributed by atoms with van der Waals surface area (Å²) in [4.78, 5) is 18.6. The van der Waals surface area contributed by atoms with Crippen molar-refractivity contribution in [1.82, 2.24) is 9.88 Å². The van der Waals surface area contributed by atoms with Crippen molar-refractivity contribution >= 4 is 17.5 Å². The Morgan fingerprint density at radius 2 is 1.95 bits per heavy atom. The van der Waals surface area contributed by atoms with Crippen molar-refractivity contribution in [1.29, 1.82) is 0 Å². The van der Waals surface area contributed by atoms with Crippen LogP contribution in [-0.4, -0.2) is 40.1 Å². The number of nitrogens with zero attached hydrogens (tertiary/aromatic N) is 2. The van der Waals surface area contributed by atoms with E-state index in [-0.39, 0.29) is 17.4 Å². The van der Waals surface area contributed by atoms with Crippen molar-refractivity contribution in [3.8, 4) is 0 Å². The van der Waals surface area contributed by atoms with Crippen molar-refractivity contribution in [3.63, 3.8) is 0 Å². The molecular weight excluding hydrogens is 276 g/mol. The zero-order valence-electron chi connectivity index (χ0n) is 12.2. The quantitative estimate of drug-likeness (QED) is 0.811. The minimum Gasteiger partial charge on any atom is -0.393 e. The summed E-state index contributed by atoms with van der Waals surface area (Å²) in [6, 6.07) is 3.43. The van der Waals surface area contributed by atoms with Gasteiger partial charge in [-0.2, -0.15) is 0 Å². The highest BCUT2D eigenvalue weighted by molar-refractivity contribution is 6.29. The predicted octanol–water partition coefficient (Wildman–Crippen LogP) is 2.63. The van der Waals surface area contributed by atoms with Crippen molar-refractivity contribution in [2.75, 3.05) is 13.1 Å². The van der Waals surface area contributed by atoms with E-state index in [0.717, 1.165) is 5.69 Å². The number of piperidine rings is 1. The Balaban J connectivity index is 2.24. The lowest BCUT2D eigenvalue weighted by Crippen LogP contribution is -2.40. The van der Waals surface area contributed by atoms with Crippen LogP contribution in [0.25, 0.3) is 0 Å². The Morgan fingerprint density at radius 1 is 1.35 bits per heavy atom. The summed E-state index contributed by atoms with van der Waals surface area (Å²) in [6.07, 6.45) is 0.984. The second-order valence-electron chi connectivity index (χ2n) is 6.34. The molecule has 0 aromatic carbocycles. The third-order valence-electron chi connectivity index (χ3n) is 3.56. The highest BCUT2D eigenvalue weighted by Crippen LogP contribution is 2.24. The smallest absolute Gasteiger partial charge is 0.254 e. The summed E-state index contributed by atoms with van der Waals surface area (Å²) < 4.78 is 0. The molecule has 1 aliphatic rings. The van der Waals surface area contributed by atoms with Gasteiger partial charge in [0.05, 0.1) is 6.10 Å². The number of aromatic nitrogens is 1. The second-order valence-corrected chi connectivity index (χ2v) is 6.72. The number of likely N-dealkylation sites (tertiary alicyclic amines) is 1. The normalized spacial score (nSPS) is 17.4. The van der Waals surface area contributed by atoms with E-state index in [4.69, 9.17) is 11.6 Å². The van der Waals surface area contributed by atoms with Crippen LogP contribution in [0, 0.1) is 0 Å². The molecule has 0 spiro atoms. The molecule has 0 aliphatic carbocycles. The topological polar surface area (TPSA) is 53.4 Å². The van der Waals surface area contributed by atoms with Crippen molar-refractivity contribution in [3.05, 3.63) is 28.5 Å². The number of carbonyl (C=O) groups excluding carboxylic acids is 1. The van der Waals surface area contributed by atoms with Gasteiger partial charge in [-0.05, 0) is 25.0 Å². The van der Waals surface area contributed by atoms with Crippen LogP contribution in [-0.2, 0) is 5.41 Å². The number of pyridine rings is 1. The fourth-order valence-electron chi connectivity index (χ4n) is 2.26. The highest BCUT2D eigenvalue weighted by atomic mass is 35.5. The molecule has 1 fully saturated rings. The molecule has 0 saturated carbocycles. The number of hydrogen-bond acceptors (Lipinski definition) is 3. The van der Waals surface area contributed by atoms with Gasteiger partial charge in [-0.25, -0.2) is 4.98 Å². The number of hydrogen-bond donors (Lipinski definition) is 1. The maximum atomic E-state index is 12.5. The first-order valence-electron chi connectivity index (χ1n) is 6.93. The summed E-state index contributed by atoms with van der Waals surface area (Å²) in [5.74, 6) is -0.0355. The predicted molar refractivity (Wildman–Crippen MR) is 79.1 cm³/mol. The zero-order chi connectivity index (χ0) is 14.9. The highest BCUT2D eigenvalue weighted by Gasteiger charge is 2.24. The van der Waals surface area contributed by atoms with E-state index >= 15 is 0 Å². The Morgan fingerprint density at radius 3 is 2.50 bits per heavy atom. The molecule has 20 heavy (non-hydrogen) atoms. The van der Waals surface area contributed by atoms with Gasteiger partial charge in [-0.15, -0.1) is 0 Å². The lowest BCUT2D eigenvalue weighted by Gasteiger charge is -2.30. The minimum absolute atomic E-state index is 0.0355. The SMILES string of the molecule is CC(C)(C)c1cc(C(=O)N2CCC(O)CC2)cc(Cl)n1. The molecule has 5 heteroatoms. The van der Waals surface area contributed by atoms with Crippen LogP contribution in [0.15, 0.2) is 12.1 Å². The number of aliphatic hydroxyl groups excluding tert-OH is 1. The Hall–Kier alpha value is -1.13. The third kappa shape index (κ3) is 3.49. The molecule has 110 valence electrons. The standard InChI is InChI=1S/C15H21ClN2O2/c1-15(2,3)12-8-10(9-13(16)17-12)14(20)18-6-4-11(19)5-7-18/h8-9,11,19H,4-7H2,1-3H3. The summed E-state index contributed by atoms with van der Waals surface area (Å²) in [5.41, 5.74) is 1.23. The van der Waals surface area contributed by atoms with E-state index in [1.807, 2.05) is 26.8 Å². The lowest BCUT2D eigenvalue weighted by molar-refractivity contribution is 0.0546. The van der Waals surface area contributed by atoms with Gasteiger partial charge in [0.2, 0.25) is 0 Å². The van der Waals surface area contributed by atoms with Crippen LogP contribution in [0.3, 0.4) is 0 Å². The molecule has 2 heterocycles. The number of amides is 1. The van der Waals surface area contributed by atoms with Crippen LogP contribution in [0.1, 0.15) is 49.7 Å². The van der Waals surface area contributed by atoms with E-state index in [9.17, 15) is 9.90 Å². The van der Waals surface area contributed by atoms with Gasteiger partial charge in [-0.3, -0.25) is 4.79 Å². The molecule has 0 bridgehead atoms. The number of rotatable bonds is 1. The molecule has 1 aromatic rings. The van der Waals surface area contributed by atoms with E-state index in [2.05, 4.69) is 4.98 Å². The Kier molecular flexibility index (Phi) is 4.35. The van der Waals surface area contributed by atoms with Crippen molar-refractivity contribution in [2.45, 2.75) is 45.1 Å². The van der Waals surface area contributed by atoms with Crippen LogP contribution in [0.2, 0.25) is 5.15 Å². The van der Waals surface area contributed by atoms with Gasteiger partial charge in [0.1, 0.15) is 5.15 Å². The lowest BCUT2D eigenvalue weighted by atomic mass is 9.90. The Bertz CT molecular complexity index is 503. The van der Waals surface area contributed by atoms with Gasteiger partial charge in [0.25, 0.3) is 5.91 Å². The first-order valence-corrected chi connectivity index (χ1v) is 7.30. The van der Waals surface area contributed by atoms with Crippen LogP contribution >= 0.6 is 11.6 Å². The maximum Gasteiger partial charge on any atom is 0.254 e. The zero-order valence-corrected chi connectivity index (χ0v) is 12.9. The largest absolute Gasteiger partial charge is 0.393 e. The number of halogens is 1. The molecule has 0 radical (unpaired) electrons. The summed E-state index contributed by atoms with van der Waals surface area (Å²) in [6.45, 7) is 7.29. The second kappa shape index (κ2) is 5.70. The van der Waals surface area contributed by atoms with Gasteiger partial charge in [-0.1, -0.05) is 32.4 Å². The maximum absolute atomic E-state index is 12.5. The molecule has 1 aromatic heterocycles. The number of carbonyl (C=O) groups is 1. The molecule has 2 rings (SSSR count). The molecule has 1 saturated heterocycles. The molecule has 0 atom stereocenters. The summed E-state index contributed by atoms with van der Waals surface area (Å²) in [5, 5.41) is 9.85. The molecular formula is C15H21ClN2O2. The van der Waals surface area contributed by atoms with Gasteiger partial charge in [0.15, 0.2) is 0 Å². The molecule has 0 unspecified atom stereocenters. The van der Waals surface area contributed by atoms with Gasteiger partial charge >= 0.3 is 0 Å². The molecule has 4 nitrogen and oxygen atoms in total. The van der Waals surface area contributed by atoms with E-state index in [0.29, 0.717) is 36.6 Å². The summed E-state index contributed by atoms with van der Waals surface area (Å²) >= 11 is 6.04. The third-order valence-corrected chi connectivity index (χ3v) is 3.75. The first kappa shape index (κ1) is 15.3. The van der Waals surface area contributed by atoms with Gasteiger partial charge in [0, 0.05) is 29.8 Å². The van der Waals surface area contributed by atoms with Crippen LogP contribution in [0.4, 0.5) is 0 Å². The first-order chi connectivity index (χ1) is 9.27. The van der Waals surface area contributed by atoms with Crippen molar-refractivity contribution < 1.29 is 9.90 Å². The average Bonchev–Trinajstić information content (AvgIpc) is 2.37. The molecule has 1 amide bonds. The van der Waals surface area contributed by atoms with Crippen molar-refractivity contribution in [2.24, 2.45) is 0 Å². The van der Waals surface area contributed by atoms with E-state index < -0.39 is 0 Å². The minimum atomic E-state index is -0.287.